The molecular weight excluding hydrogens is 736 g/mol. The molecule has 0 aliphatic heterocycles. The summed E-state index contributed by atoms with van der Waals surface area (Å²) >= 11 is 0. The molecule has 0 saturated heterocycles. The first-order chi connectivity index (χ1) is 27.2. The standard InChI is InChI=1S/C41H56N6O10/c1-24(2)20-33(46-41(56)57-23-31-29-15-7-5-13-27(29)28-14-6-8-16-30(28)31)39(53)45-34(21-26(49)12-11-19-48)37(51)43-22-35(50)44-32(17-9-10-18-42)38(52)47-36(25(3)4)40(54)55/h5-8,13-16,19,24-25,31-34,36H,9-12,17-18,20-23,42H2,1-4H3,(H,43,51)(H,44,50)(H,45,53)(H,46,56)(H,47,52)(H,54,55)/t32-,33-,34-,36-/m0/s1. The molecule has 2 aromatic carbocycles. The van der Waals surface area contributed by atoms with E-state index in [2.05, 4.69) is 26.6 Å². The minimum atomic E-state index is -1.49. The molecule has 8 N–H and O–H groups in total. The predicted molar refractivity (Wildman–Crippen MR) is 211 cm³/mol. The summed E-state index contributed by atoms with van der Waals surface area (Å²) in [6.45, 7) is 6.59. The summed E-state index contributed by atoms with van der Waals surface area (Å²) in [6.07, 6.45) is 0.167. The number of carboxylic acid groups (broad SMARTS) is 1. The van der Waals surface area contributed by atoms with Gasteiger partial charge < -0.3 is 47.0 Å². The van der Waals surface area contributed by atoms with Crippen molar-refractivity contribution in [1.82, 2.24) is 26.6 Å². The third-order valence-corrected chi connectivity index (χ3v) is 9.52. The van der Waals surface area contributed by atoms with Gasteiger partial charge in [-0.05, 0) is 66.3 Å². The van der Waals surface area contributed by atoms with E-state index in [0.29, 0.717) is 25.7 Å². The van der Waals surface area contributed by atoms with Crippen LogP contribution < -0.4 is 32.3 Å². The molecule has 5 amide bonds. The Morgan fingerprint density at radius 1 is 0.789 bits per heavy atom. The molecule has 0 radical (unpaired) electrons. The number of rotatable bonds is 24. The first-order valence-corrected chi connectivity index (χ1v) is 19.3. The molecule has 0 spiro atoms. The maximum atomic E-state index is 13.7. The summed E-state index contributed by atoms with van der Waals surface area (Å²) in [5, 5.41) is 22.0. The number of unbranched alkanes of at least 4 members (excludes halogenated alkanes) is 1. The van der Waals surface area contributed by atoms with Gasteiger partial charge in [-0.2, -0.15) is 0 Å². The Balaban J connectivity index is 1.69. The van der Waals surface area contributed by atoms with Gasteiger partial charge in [0.25, 0.3) is 0 Å². The van der Waals surface area contributed by atoms with Crippen molar-refractivity contribution in [2.75, 3.05) is 19.7 Å². The minimum absolute atomic E-state index is 0.00160. The topological polar surface area (TPSA) is 252 Å². The molecule has 2 aromatic rings. The van der Waals surface area contributed by atoms with Crippen molar-refractivity contribution < 1.29 is 48.2 Å². The van der Waals surface area contributed by atoms with Gasteiger partial charge in [0.05, 0.1) is 6.54 Å². The van der Waals surface area contributed by atoms with Crippen molar-refractivity contribution in [1.29, 1.82) is 0 Å². The van der Waals surface area contributed by atoms with E-state index < -0.39 is 84.5 Å². The van der Waals surface area contributed by atoms with Gasteiger partial charge in [0, 0.05) is 25.2 Å². The number of ketones is 1. The van der Waals surface area contributed by atoms with Gasteiger partial charge in [0.15, 0.2) is 0 Å². The van der Waals surface area contributed by atoms with E-state index in [0.717, 1.165) is 22.3 Å². The summed E-state index contributed by atoms with van der Waals surface area (Å²) < 4.78 is 5.65. The molecule has 0 fully saturated rings. The van der Waals surface area contributed by atoms with Crippen molar-refractivity contribution >= 4 is 47.8 Å². The number of nitrogens with one attached hydrogen (secondary N) is 5. The van der Waals surface area contributed by atoms with Gasteiger partial charge >= 0.3 is 12.1 Å². The van der Waals surface area contributed by atoms with E-state index in [1.54, 1.807) is 13.8 Å². The predicted octanol–water partition coefficient (Wildman–Crippen LogP) is 2.32. The average molecular weight is 793 g/mol. The summed E-state index contributed by atoms with van der Waals surface area (Å²) in [5.41, 5.74) is 9.69. The summed E-state index contributed by atoms with van der Waals surface area (Å²) in [6, 6.07) is 10.7. The smallest absolute Gasteiger partial charge is 0.407 e. The molecule has 0 saturated carbocycles. The van der Waals surface area contributed by atoms with Crippen LogP contribution in [0.2, 0.25) is 0 Å². The SMILES string of the molecule is CC(C)C[C@H](NC(=O)OCC1c2ccccc2-c2ccccc21)C(=O)N[C@@H](CC(=O)CCC=O)C(=O)NCC(=O)N[C@@H](CCCCN)C(=O)N[C@H](C(=O)O)C(C)C. The number of carbonyl (C=O) groups is 8. The van der Waals surface area contributed by atoms with Crippen LogP contribution in [0.5, 0.6) is 0 Å². The van der Waals surface area contributed by atoms with Crippen LogP contribution in [0.25, 0.3) is 11.1 Å². The number of hydrogen-bond acceptors (Lipinski definition) is 10. The Morgan fingerprint density at radius 3 is 1.96 bits per heavy atom. The molecule has 57 heavy (non-hydrogen) atoms. The van der Waals surface area contributed by atoms with Gasteiger partial charge in [-0.15, -0.1) is 0 Å². The molecule has 4 atom stereocenters. The van der Waals surface area contributed by atoms with E-state index in [1.165, 1.54) is 0 Å². The highest BCUT2D eigenvalue weighted by Gasteiger charge is 2.33. The number of benzene rings is 2. The highest BCUT2D eigenvalue weighted by molar-refractivity contribution is 5.97. The average Bonchev–Trinajstić information content (AvgIpc) is 3.49. The highest BCUT2D eigenvalue weighted by atomic mass is 16.5. The molecule has 310 valence electrons. The number of fused-ring (bicyclic) bond motifs is 3. The van der Waals surface area contributed by atoms with Crippen LogP contribution in [-0.4, -0.2) is 96.7 Å². The molecule has 0 bridgehead atoms. The maximum absolute atomic E-state index is 13.7. The molecule has 0 unspecified atom stereocenters. The lowest BCUT2D eigenvalue weighted by Crippen LogP contribution is -2.56. The number of Topliss-reactive ketones (excluding diaryl/α,β-unsaturated/α-hetero) is 1. The second-order valence-electron chi connectivity index (χ2n) is 14.9. The number of aliphatic carboxylic acids is 1. The molecular formula is C41H56N6O10. The molecule has 3 rings (SSSR count). The second kappa shape index (κ2) is 22.8. The quantitative estimate of drug-likeness (QED) is 0.0600. The number of alkyl carbamates (subject to hydrolysis) is 1. The first-order valence-electron chi connectivity index (χ1n) is 19.3. The van der Waals surface area contributed by atoms with Crippen molar-refractivity contribution in [2.45, 2.75) is 103 Å². The zero-order valence-electron chi connectivity index (χ0n) is 33.0. The van der Waals surface area contributed by atoms with Gasteiger partial charge in [-0.25, -0.2) is 9.59 Å². The lowest BCUT2D eigenvalue weighted by atomic mass is 9.98. The van der Waals surface area contributed by atoms with Crippen molar-refractivity contribution in [2.24, 2.45) is 17.6 Å². The molecule has 16 heteroatoms. The van der Waals surface area contributed by atoms with Gasteiger partial charge in [-0.3, -0.25) is 24.0 Å². The van der Waals surface area contributed by atoms with E-state index in [-0.39, 0.29) is 44.1 Å². The number of nitrogens with two attached hydrogens (primary N) is 1. The normalized spacial score (nSPS) is 13.9. The number of hydrogen-bond donors (Lipinski definition) is 7. The lowest BCUT2D eigenvalue weighted by molar-refractivity contribution is -0.143. The van der Waals surface area contributed by atoms with E-state index >= 15 is 0 Å². The van der Waals surface area contributed by atoms with Crippen LogP contribution >= 0.6 is 0 Å². The van der Waals surface area contributed by atoms with Crippen LogP contribution in [0, 0.1) is 11.8 Å². The third kappa shape index (κ3) is 14.1. The zero-order chi connectivity index (χ0) is 42.1. The fourth-order valence-electron chi connectivity index (χ4n) is 6.58. The monoisotopic (exact) mass is 792 g/mol. The summed E-state index contributed by atoms with van der Waals surface area (Å²) in [7, 11) is 0. The third-order valence-electron chi connectivity index (χ3n) is 9.52. The molecule has 0 aromatic heterocycles. The molecule has 16 nitrogen and oxygen atoms in total. The van der Waals surface area contributed by atoms with Crippen molar-refractivity contribution in [3.8, 4) is 11.1 Å². The maximum Gasteiger partial charge on any atom is 0.407 e. The zero-order valence-corrected chi connectivity index (χ0v) is 33.0. The highest BCUT2D eigenvalue weighted by Crippen LogP contribution is 2.44. The summed E-state index contributed by atoms with van der Waals surface area (Å²) in [5.74, 6) is -5.71. The molecule has 0 heterocycles. The Hall–Kier alpha value is -5.64. The van der Waals surface area contributed by atoms with Crippen LogP contribution in [0.15, 0.2) is 48.5 Å². The van der Waals surface area contributed by atoms with Crippen molar-refractivity contribution in [3.63, 3.8) is 0 Å². The first kappa shape index (κ1) is 45.7. The Bertz CT molecular complexity index is 1700. The number of carbonyl (C=O) groups excluding carboxylic acids is 7. The second-order valence-corrected chi connectivity index (χ2v) is 14.9. The van der Waals surface area contributed by atoms with E-state index in [4.69, 9.17) is 10.5 Å². The number of amides is 5. The number of aldehydes is 1. The van der Waals surface area contributed by atoms with Crippen LogP contribution in [0.4, 0.5) is 4.79 Å². The van der Waals surface area contributed by atoms with Crippen LogP contribution in [-0.2, 0) is 38.3 Å². The Morgan fingerprint density at radius 2 is 1.40 bits per heavy atom. The summed E-state index contributed by atoms with van der Waals surface area (Å²) in [4.78, 5) is 102. The Kier molecular flexibility index (Phi) is 18.3. The fraction of sp³-hybridized carbons (Fsp3) is 0.512. The number of carboxylic acids is 1. The fourth-order valence-corrected chi connectivity index (χ4v) is 6.58. The van der Waals surface area contributed by atoms with Crippen molar-refractivity contribution in [3.05, 3.63) is 59.7 Å². The largest absolute Gasteiger partial charge is 0.480 e. The van der Waals surface area contributed by atoms with E-state index in [1.807, 2.05) is 62.4 Å². The van der Waals surface area contributed by atoms with Gasteiger partial charge in [-0.1, -0.05) is 76.2 Å². The molecule has 1 aliphatic carbocycles. The van der Waals surface area contributed by atoms with Crippen LogP contribution in [0.3, 0.4) is 0 Å². The van der Waals surface area contributed by atoms with Gasteiger partial charge in [0.1, 0.15) is 42.8 Å². The number of ether oxygens (including phenoxy) is 1. The minimum Gasteiger partial charge on any atom is -0.480 e. The van der Waals surface area contributed by atoms with Crippen LogP contribution in [0.1, 0.15) is 89.7 Å². The molecule has 1 aliphatic rings. The Labute approximate surface area is 332 Å². The van der Waals surface area contributed by atoms with E-state index in [9.17, 15) is 43.5 Å². The van der Waals surface area contributed by atoms with Gasteiger partial charge in [0.2, 0.25) is 23.6 Å². The lowest BCUT2D eigenvalue weighted by Gasteiger charge is -2.25.